The zero-order valence-electron chi connectivity index (χ0n) is 11.8. The van der Waals surface area contributed by atoms with E-state index in [4.69, 9.17) is 4.74 Å². The minimum Gasteiger partial charge on any atom is -0.424 e. The molecule has 3 rings (SSSR count). The molecule has 0 saturated heterocycles. The molecule has 21 heavy (non-hydrogen) atoms. The number of aromatic amines is 1. The molecule has 0 atom stereocenters. The Morgan fingerprint density at radius 1 is 1.24 bits per heavy atom. The van der Waals surface area contributed by atoms with Crippen LogP contribution in [-0.2, 0) is 4.79 Å². The Kier molecular flexibility index (Phi) is 3.69. The third kappa shape index (κ3) is 2.65. The average Bonchev–Trinajstić information content (AvgIpc) is 2.87. The van der Waals surface area contributed by atoms with Crippen LogP contribution in [0.5, 0.6) is 5.75 Å². The fourth-order valence-corrected chi connectivity index (χ4v) is 2.31. The van der Waals surface area contributed by atoms with E-state index in [2.05, 4.69) is 9.97 Å². The van der Waals surface area contributed by atoms with E-state index in [9.17, 15) is 4.79 Å². The molecule has 0 amide bonds. The maximum Gasteiger partial charge on any atom is 0.311 e. The monoisotopic (exact) mass is 280 g/mol. The second-order valence-electron chi connectivity index (χ2n) is 4.84. The molecule has 0 saturated carbocycles. The van der Waals surface area contributed by atoms with Gasteiger partial charge in [-0.05, 0) is 30.7 Å². The lowest BCUT2D eigenvalue weighted by atomic mass is 10.1. The Labute approximate surface area is 122 Å². The van der Waals surface area contributed by atoms with E-state index in [0.717, 1.165) is 28.6 Å². The zero-order valence-corrected chi connectivity index (χ0v) is 11.8. The van der Waals surface area contributed by atoms with Gasteiger partial charge in [0, 0.05) is 35.3 Å². The number of ether oxygens (including phenoxy) is 1. The van der Waals surface area contributed by atoms with E-state index >= 15 is 0 Å². The van der Waals surface area contributed by atoms with Crippen molar-refractivity contribution in [1.82, 2.24) is 9.97 Å². The van der Waals surface area contributed by atoms with Crippen LogP contribution in [0.25, 0.3) is 22.2 Å². The van der Waals surface area contributed by atoms with Gasteiger partial charge in [-0.25, -0.2) is 0 Å². The molecule has 0 aliphatic heterocycles. The van der Waals surface area contributed by atoms with Crippen molar-refractivity contribution in [3.05, 3.63) is 48.8 Å². The van der Waals surface area contributed by atoms with Crippen LogP contribution < -0.4 is 4.74 Å². The van der Waals surface area contributed by atoms with Crippen LogP contribution in [0.3, 0.4) is 0 Å². The molecule has 106 valence electrons. The SMILES string of the molecule is CCCC(=O)Oc1c(-c2cccnc2)[nH]c2ccccc12. The Hall–Kier alpha value is -2.62. The predicted molar refractivity (Wildman–Crippen MR) is 82.1 cm³/mol. The number of H-pyrrole nitrogens is 1. The number of carbonyl (C=O) groups excluding carboxylic acids is 1. The van der Waals surface area contributed by atoms with Gasteiger partial charge in [0.1, 0.15) is 0 Å². The summed E-state index contributed by atoms with van der Waals surface area (Å²) >= 11 is 0. The number of nitrogens with zero attached hydrogens (tertiary/aromatic N) is 1. The van der Waals surface area contributed by atoms with Crippen LogP contribution >= 0.6 is 0 Å². The molecule has 4 nitrogen and oxygen atoms in total. The lowest BCUT2D eigenvalue weighted by molar-refractivity contribution is -0.134. The Balaban J connectivity index is 2.12. The Morgan fingerprint density at radius 2 is 2.10 bits per heavy atom. The van der Waals surface area contributed by atoms with Gasteiger partial charge in [-0.2, -0.15) is 0 Å². The van der Waals surface area contributed by atoms with E-state index < -0.39 is 0 Å². The van der Waals surface area contributed by atoms with Gasteiger partial charge in [-0.3, -0.25) is 9.78 Å². The number of hydrogen-bond acceptors (Lipinski definition) is 3. The molecule has 0 fully saturated rings. The first-order valence-electron chi connectivity index (χ1n) is 7.01. The van der Waals surface area contributed by atoms with Gasteiger partial charge in [0.25, 0.3) is 0 Å². The smallest absolute Gasteiger partial charge is 0.311 e. The van der Waals surface area contributed by atoms with E-state index in [-0.39, 0.29) is 5.97 Å². The highest BCUT2D eigenvalue weighted by molar-refractivity contribution is 5.96. The van der Waals surface area contributed by atoms with Gasteiger partial charge in [-0.1, -0.05) is 19.1 Å². The summed E-state index contributed by atoms with van der Waals surface area (Å²) in [6.07, 6.45) is 4.65. The molecule has 0 bridgehead atoms. The van der Waals surface area contributed by atoms with Crippen molar-refractivity contribution in [1.29, 1.82) is 0 Å². The summed E-state index contributed by atoms with van der Waals surface area (Å²) in [5, 5.41) is 0.904. The molecule has 4 heteroatoms. The fraction of sp³-hybridized carbons (Fsp3) is 0.176. The quantitative estimate of drug-likeness (QED) is 0.736. The van der Waals surface area contributed by atoms with Crippen molar-refractivity contribution < 1.29 is 9.53 Å². The maximum atomic E-state index is 11.9. The molecule has 1 N–H and O–H groups in total. The van der Waals surface area contributed by atoms with Crippen molar-refractivity contribution >= 4 is 16.9 Å². The molecular formula is C17H16N2O2. The molecule has 0 spiro atoms. The minimum absolute atomic E-state index is 0.215. The normalized spacial score (nSPS) is 10.7. The van der Waals surface area contributed by atoms with Gasteiger partial charge in [-0.15, -0.1) is 0 Å². The van der Waals surface area contributed by atoms with Crippen LogP contribution in [0, 0.1) is 0 Å². The van der Waals surface area contributed by atoms with Crippen LogP contribution in [0.15, 0.2) is 48.8 Å². The van der Waals surface area contributed by atoms with Gasteiger partial charge < -0.3 is 9.72 Å². The predicted octanol–water partition coefficient (Wildman–Crippen LogP) is 3.94. The number of esters is 1. The topological polar surface area (TPSA) is 55.0 Å². The number of carbonyl (C=O) groups is 1. The molecule has 0 unspecified atom stereocenters. The third-order valence-corrected chi connectivity index (χ3v) is 3.28. The number of nitrogens with one attached hydrogen (secondary N) is 1. The number of para-hydroxylation sites is 1. The Bertz CT molecular complexity index is 763. The fourth-order valence-electron chi connectivity index (χ4n) is 2.31. The zero-order chi connectivity index (χ0) is 14.7. The number of benzene rings is 1. The van der Waals surface area contributed by atoms with E-state index in [1.54, 1.807) is 12.4 Å². The van der Waals surface area contributed by atoms with Gasteiger partial charge in [0.05, 0.1) is 5.69 Å². The van der Waals surface area contributed by atoms with Crippen molar-refractivity contribution in [3.63, 3.8) is 0 Å². The first kappa shape index (κ1) is 13.4. The lowest BCUT2D eigenvalue weighted by Crippen LogP contribution is -2.07. The van der Waals surface area contributed by atoms with Gasteiger partial charge >= 0.3 is 5.97 Å². The van der Waals surface area contributed by atoms with E-state index in [0.29, 0.717) is 12.2 Å². The average molecular weight is 280 g/mol. The van der Waals surface area contributed by atoms with Crippen molar-refractivity contribution in [2.24, 2.45) is 0 Å². The highest BCUT2D eigenvalue weighted by Crippen LogP contribution is 2.36. The van der Waals surface area contributed by atoms with Crippen LogP contribution in [0.1, 0.15) is 19.8 Å². The van der Waals surface area contributed by atoms with Crippen LogP contribution in [0.4, 0.5) is 0 Å². The standard InChI is InChI=1S/C17H16N2O2/c1-2-6-15(20)21-17-13-8-3-4-9-14(13)19-16(17)12-7-5-10-18-11-12/h3-5,7-11,19H,2,6H2,1H3. The molecule has 0 radical (unpaired) electrons. The highest BCUT2D eigenvalue weighted by Gasteiger charge is 2.17. The Morgan fingerprint density at radius 3 is 2.86 bits per heavy atom. The maximum absolute atomic E-state index is 11.9. The summed E-state index contributed by atoms with van der Waals surface area (Å²) in [4.78, 5) is 19.3. The summed E-state index contributed by atoms with van der Waals surface area (Å²) in [5.74, 6) is 0.365. The summed E-state index contributed by atoms with van der Waals surface area (Å²) in [5.41, 5.74) is 2.62. The summed E-state index contributed by atoms with van der Waals surface area (Å²) in [6, 6.07) is 11.6. The van der Waals surface area contributed by atoms with E-state index in [1.807, 2.05) is 43.3 Å². The largest absolute Gasteiger partial charge is 0.424 e. The summed E-state index contributed by atoms with van der Waals surface area (Å²) in [7, 11) is 0. The third-order valence-electron chi connectivity index (χ3n) is 3.28. The van der Waals surface area contributed by atoms with Crippen molar-refractivity contribution in [2.75, 3.05) is 0 Å². The molecule has 2 heterocycles. The van der Waals surface area contributed by atoms with Crippen LogP contribution in [-0.4, -0.2) is 15.9 Å². The summed E-state index contributed by atoms with van der Waals surface area (Å²) in [6.45, 7) is 1.96. The molecular weight excluding hydrogens is 264 g/mol. The van der Waals surface area contributed by atoms with Crippen molar-refractivity contribution in [3.8, 4) is 17.0 Å². The summed E-state index contributed by atoms with van der Waals surface area (Å²) < 4.78 is 5.60. The first-order valence-corrected chi connectivity index (χ1v) is 7.01. The number of hydrogen-bond donors (Lipinski definition) is 1. The highest BCUT2D eigenvalue weighted by atomic mass is 16.5. The van der Waals surface area contributed by atoms with E-state index in [1.165, 1.54) is 0 Å². The first-order chi connectivity index (χ1) is 10.3. The van der Waals surface area contributed by atoms with Crippen molar-refractivity contribution in [2.45, 2.75) is 19.8 Å². The van der Waals surface area contributed by atoms with Gasteiger partial charge in [0.2, 0.25) is 0 Å². The lowest BCUT2D eigenvalue weighted by Gasteiger charge is -2.05. The number of pyridine rings is 1. The van der Waals surface area contributed by atoms with Crippen LogP contribution in [0.2, 0.25) is 0 Å². The molecule has 2 aromatic heterocycles. The number of rotatable bonds is 4. The second kappa shape index (κ2) is 5.79. The second-order valence-corrected chi connectivity index (χ2v) is 4.84. The number of fused-ring (bicyclic) bond motifs is 1. The molecule has 3 aromatic rings. The molecule has 0 aliphatic carbocycles. The number of aromatic nitrogens is 2. The minimum atomic E-state index is -0.215. The van der Waals surface area contributed by atoms with Gasteiger partial charge in [0.15, 0.2) is 5.75 Å². The molecule has 0 aliphatic rings. The molecule has 1 aromatic carbocycles.